The maximum Gasteiger partial charge on any atom is 0.293 e. The summed E-state index contributed by atoms with van der Waals surface area (Å²) in [6.07, 6.45) is 4.19. The Bertz CT molecular complexity index is 1230. The fraction of sp³-hybridized carbons (Fsp3) is 0.227. The van der Waals surface area contributed by atoms with Crippen LogP contribution in [0.2, 0.25) is 0 Å². The summed E-state index contributed by atoms with van der Waals surface area (Å²) in [5, 5.41) is 3.92. The highest BCUT2D eigenvalue weighted by molar-refractivity contribution is 7.90. The van der Waals surface area contributed by atoms with Gasteiger partial charge in [-0.05, 0) is 54.3 Å². The van der Waals surface area contributed by atoms with E-state index in [4.69, 9.17) is 8.94 Å². The van der Waals surface area contributed by atoms with Gasteiger partial charge in [-0.3, -0.25) is 4.98 Å². The van der Waals surface area contributed by atoms with Gasteiger partial charge in [0.05, 0.1) is 4.90 Å². The molecule has 0 N–H and O–H groups in total. The van der Waals surface area contributed by atoms with Crippen LogP contribution in [-0.2, 0) is 22.0 Å². The third kappa shape index (κ3) is 4.49. The first-order chi connectivity index (χ1) is 14.4. The van der Waals surface area contributed by atoms with E-state index in [-0.39, 0.29) is 16.5 Å². The number of aromatic nitrogens is 3. The summed E-state index contributed by atoms with van der Waals surface area (Å²) >= 11 is 0. The normalized spacial score (nSPS) is 11.8. The zero-order valence-corrected chi connectivity index (χ0v) is 17.5. The van der Waals surface area contributed by atoms with Crippen molar-refractivity contribution >= 4 is 9.84 Å². The van der Waals surface area contributed by atoms with Crippen LogP contribution in [0.3, 0.4) is 0 Å². The highest BCUT2D eigenvalue weighted by Crippen LogP contribution is 2.26. The number of nitrogens with zero attached hydrogens (tertiary/aromatic N) is 3. The molecule has 0 aliphatic rings. The predicted molar refractivity (Wildman–Crippen MR) is 111 cm³/mol. The van der Waals surface area contributed by atoms with Gasteiger partial charge in [0, 0.05) is 18.0 Å². The molecule has 0 unspecified atom stereocenters. The maximum absolute atomic E-state index is 12.8. The van der Waals surface area contributed by atoms with Crippen molar-refractivity contribution in [3.8, 4) is 23.0 Å². The molecule has 0 amide bonds. The van der Waals surface area contributed by atoms with E-state index in [9.17, 15) is 8.42 Å². The SMILES string of the molecule is CC(C)Cc1ccc(S(=O)(=O)Cc2ccc(-c3nc(-c4cccnc4)no3)o2)cc1. The summed E-state index contributed by atoms with van der Waals surface area (Å²) in [4.78, 5) is 8.58. The predicted octanol–water partition coefficient (Wildman–Crippen LogP) is 4.56. The van der Waals surface area contributed by atoms with Crippen molar-refractivity contribution in [3.05, 3.63) is 72.2 Å². The molecule has 1 aromatic carbocycles. The fourth-order valence-electron chi connectivity index (χ4n) is 3.08. The van der Waals surface area contributed by atoms with E-state index < -0.39 is 9.84 Å². The first kappa shape index (κ1) is 20.0. The fourth-order valence-corrected chi connectivity index (χ4v) is 4.33. The molecule has 0 aliphatic heterocycles. The first-order valence-corrected chi connectivity index (χ1v) is 11.2. The number of pyridine rings is 1. The van der Waals surface area contributed by atoms with Crippen molar-refractivity contribution in [2.75, 3.05) is 0 Å². The first-order valence-electron chi connectivity index (χ1n) is 9.55. The lowest BCUT2D eigenvalue weighted by Crippen LogP contribution is -2.04. The summed E-state index contributed by atoms with van der Waals surface area (Å²) in [5.74, 6) is 1.44. The van der Waals surface area contributed by atoms with Crippen molar-refractivity contribution in [2.45, 2.75) is 30.9 Å². The molecule has 0 aliphatic carbocycles. The third-order valence-corrected chi connectivity index (χ3v) is 6.13. The van der Waals surface area contributed by atoms with Crippen molar-refractivity contribution in [3.63, 3.8) is 0 Å². The molecular weight excluding hydrogens is 402 g/mol. The van der Waals surface area contributed by atoms with E-state index >= 15 is 0 Å². The average molecular weight is 423 g/mol. The van der Waals surface area contributed by atoms with Gasteiger partial charge < -0.3 is 8.94 Å². The van der Waals surface area contributed by atoms with Crippen LogP contribution in [0.4, 0.5) is 0 Å². The summed E-state index contributed by atoms with van der Waals surface area (Å²) < 4.78 is 36.4. The Balaban J connectivity index is 1.50. The van der Waals surface area contributed by atoms with Crippen LogP contribution in [0.15, 0.2) is 74.8 Å². The molecule has 8 heteroatoms. The molecular formula is C22H21N3O4S. The zero-order valence-electron chi connectivity index (χ0n) is 16.6. The molecule has 4 aromatic rings. The number of rotatable bonds is 7. The molecule has 0 spiro atoms. The number of benzene rings is 1. The van der Waals surface area contributed by atoms with E-state index in [2.05, 4.69) is 29.0 Å². The molecule has 0 atom stereocenters. The van der Waals surface area contributed by atoms with Crippen LogP contribution in [0, 0.1) is 5.92 Å². The lowest BCUT2D eigenvalue weighted by Gasteiger charge is -2.07. The van der Waals surface area contributed by atoms with E-state index in [1.165, 1.54) is 0 Å². The van der Waals surface area contributed by atoms with Gasteiger partial charge in [-0.15, -0.1) is 0 Å². The summed E-state index contributed by atoms with van der Waals surface area (Å²) in [6, 6.07) is 13.8. The second kappa shape index (κ2) is 8.23. The van der Waals surface area contributed by atoms with Crippen LogP contribution in [0.1, 0.15) is 25.2 Å². The topological polar surface area (TPSA) is 99.1 Å². The van der Waals surface area contributed by atoms with E-state index in [0.717, 1.165) is 12.0 Å². The van der Waals surface area contributed by atoms with Crippen LogP contribution in [0.5, 0.6) is 0 Å². The van der Waals surface area contributed by atoms with Gasteiger partial charge in [-0.1, -0.05) is 31.1 Å². The van der Waals surface area contributed by atoms with Crippen LogP contribution in [-0.4, -0.2) is 23.5 Å². The van der Waals surface area contributed by atoms with E-state index in [1.54, 1.807) is 42.7 Å². The van der Waals surface area contributed by atoms with E-state index in [1.807, 2.05) is 18.2 Å². The molecule has 0 radical (unpaired) electrons. The van der Waals surface area contributed by atoms with Crippen LogP contribution >= 0.6 is 0 Å². The number of furan rings is 1. The molecule has 154 valence electrons. The molecule has 0 bridgehead atoms. The highest BCUT2D eigenvalue weighted by atomic mass is 32.2. The Morgan fingerprint density at radius 3 is 2.53 bits per heavy atom. The van der Waals surface area contributed by atoms with Crippen molar-refractivity contribution in [1.29, 1.82) is 0 Å². The Kier molecular flexibility index (Phi) is 5.50. The zero-order chi connectivity index (χ0) is 21.1. The van der Waals surface area contributed by atoms with Gasteiger partial charge in [0.2, 0.25) is 5.82 Å². The number of hydrogen-bond acceptors (Lipinski definition) is 7. The Labute approximate surface area is 174 Å². The van der Waals surface area contributed by atoms with E-state index in [0.29, 0.717) is 28.8 Å². The highest BCUT2D eigenvalue weighted by Gasteiger charge is 2.20. The van der Waals surface area contributed by atoms with Crippen molar-refractivity contribution in [1.82, 2.24) is 15.1 Å². The summed E-state index contributed by atoms with van der Waals surface area (Å²) in [7, 11) is -3.53. The van der Waals surface area contributed by atoms with Gasteiger partial charge in [-0.2, -0.15) is 4.98 Å². The molecule has 0 fully saturated rings. The minimum atomic E-state index is -3.53. The standard InChI is InChI=1S/C22H21N3O4S/c1-15(2)12-16-5-8-19(9-6-16)30(26,27)14-18-7-10-20(28-18)22-24-21(25-29-22)17-4-3-11-23-13-17/h3-11,13,15H,12,14H2,1-2H3. The van der Waals surface area contributed by atoms with Crippen molar-refractivity contribution in [2.24, 2.45) is 5.92 Å². The van der Waals surface area contributed by atoms with Gasteiger partial charge in [0.1, 0.15) is 11.5 Å². The number of hydrogen-bond donors (Lipinski definition) is 0. The van der Waals surface area contributed by atoms with Crippen LogP contribution < -0.4 is 0 Å². The second-order valence-corrected chi connectivity index (χ2v) is 9.42. The summed E-state index contributed by atoms with van der Waals surface area (Å²) in [5.41, 5.74) is 1.83. The molecule has 7 nitrogen and oxygen atoms in total. The molecule has 4 rings (SSSR count). The number of sulfone groups is 1. The van der Waals surface area contributed by atoms with Gasteiger partial charge in [0.25, 0.3) is 5.89 Å². The smallest absolute Gasteiger partial charge is 0.293 e. The van der Waals surface area contributed by atoms with Crippen molar-refractivity contribution < 1.29 is 17.4 Å². The Morgan fingerprint density at radius 2 is 1.83 bits per heavy atom. The maximum atomic E-state index is 12.8. The van der Waals surface area contributed by atoms with Gasteiger partial charge in [0.15, 0.2) is 15.6 Å². The van der Waals surface area contributed by atoms with Gasteiger partial charge in [-0.25, -0.2) is 8.42 Å². The molecule has 3 aromatic heterocycles. The third-order valence-electron chi connectivity index (χ3n) is 4.48. The molecule has 0 saturated carbocycles. The molecule has 30 heavy (non-hydrogen) atoms. The quantitative estimate of drug-likeness (QED) is 0.429. The minimum absolute atomic E-state index is 0.176. The Morgan fingerprint density at radius 1 is 1.03 bits per heavy atom. The lowest BCUT2D eigenvalue weighted by atomic mass is 10.0. The lowest BCUT2D eigenvalue weighted by molar-refractivity contribution is 0.413. The summed E-state index contributed by atoms with van der Waals surface area (Å²) in [6.45, 7) is 4.25. The molecule has 3 heterocycles. The molecule has 0 saturated heterocycles. The minimum Gasteiger partial charge on any atom is -0.455 e. The van der Waals surface area contributed by atoms with Gasteiger partial charge >= 0.3 is 0 Å². The largest absolute Gasteiger partial charge is 0.455 e. The monoisotopic (exact) mass is 423 g/mol. The van der Waals surface area contributed by atoms with Crippen LogP contribution in [0.25, 0.3) is 23.0 Å². The second-order valence-electron chi connectivity index (χ2n) is 7.43. The average Bonchev–Trinajstić information content (AvgIpc) is 3.38. The Hall–Kier alpha value is -3.26.